The SMILES string of the molecule is Cc1nc2cc(OCC(O)CN3CCN(CC4=NOC(c5ccc(C(F)(F)F)cc5)C4)[C@@H](C)C3)ccc2s1. The van der Waals surface area contributed by atoms with Gasteiger partial charge in [-0.2, -0.15) is 13.2 Å². The predicted molar refractivity (Wildman–Crippen MR) is 141 cm³/mol. The summed E-state index contributed by atoms with van der Waals surface area (Å²) in [7, 11) is 0. The van der Waals surface area contributed by atoms with Crippen molar-refractivity contribution in [2.75, 3.05) is 39.3 Å². The van der Waals surface area contributed by atoms with Crippen molar-refractivity contribution < 1.29 is 27.9 Å². The Labute approximate surface area is 223 Å². The third-order valence-corrected chi connectivity index (χ3v) is 7.90. The Hall–Kier alpha value is -2.73. The van der Waals surface area contributed by atoms with E-state index in [0.29, 0.717) is 30.8 Å². The Morgan fingerprint density at radius 2 is 1.97 bits per heavy atom. The second-order valence-electron chi connectivity index (χ2n) is 9.98. The van der Waals surface area contributed by atoms with Crippen molar-refractivity contribution in [1.29, 1.82) is 0 Å². The smallest absolute Gasteiger partial charge is 0.416 e. The molecule has 38 heavy (non-hydrogen) atoms. The van der Waals surface area contributed by atoms with E-state index in [4.69, 9.17) is 9.57 Å². The number of thiazole rings is 1. The molecule has 1 saturated heterocycles. The minimum Gasteiger partial charge on any atom is -0.491 e. The number of alkyl halides is 3. The Morgan fingerprint density at radius 3 is 2.71 bits per heavy atom. The minimum absolute atomic E-state index is 0.211. The van der Waals surface area contributed by atoms with Gasteiger partial charge in [0.05, 0.1) is 26.5 Å². The summed E-state index contributed by atoms with van der Waals surface area (Å²) in [5.74, 6) is 0.703. The summed E-state index contributed by atoms with van der Waals surface area (Å²) in [4.78, 5) is 14.6. The molecule has 1 aromatic heterocycles. The van der Waals surface area contributed by atoms with Gasteiger partial charge >= 0.3 is 6.18 Å². The molecule has 0 saturated carbocycles. The first kappa shape index (κ1) is 26.9. The number of nitrogens with zero attached hydrogens (tertiary/aromatic N) is 4. The highest BCUT2D eigenvalue weighted by molar-refractivity contribution is 7.18. The summed E-state index contributed by atoms with van der Waals surface area (Å²) in [5.41, 5.74) is 1.81. The molecule has 0 amide bonds. The van der Waals surface area contributed by atoms with Crippen molar-refractivity contribution in [3.8, 4) is 5.75 Å². The monoisotopic (exact) mass is 548 g/mol. The highest BCUT2D eigenvalue weighted by Gasteiger charge is 2.32. The number of fused-ring (bicyclic) bond motifs is 1. The van der Waals surface area contributed by atoms with Gasteiger partial charge in [0.25, 0.3) is 0 Å². The summed E-state index contributed by atoms with van der Waals surface area (Å²) < 4.78 is 45.4. The number of aromatic nitrogens is 1. The van der Waals surface area contributed by atoms with Crippen LogP contribution in [0.15, 0.2) is 47.6 Å². The summed E-state index contributed by atoms with van der Waals surface area (Å²) in [6, 6.07) is 11.1. The van der Waals surface area contributed by atoms with Gasteiger partial charge in [-0.3, -0.25) is 9.80 Å². The average Bonchev–Trinajstić information content (AvgIpc) is 3.49. The largest absolute Gasteiger partial charge is 0.491 e. The molecule has 204 valence electrons. The van der Waals surface area contributed by atoms with Crippen LogP contribution in [0.25, 0.3) is 10.2 Å². The Morgan fingerprint density at radius 1 is 1.18 bits per heavy atom. The van der Waals surface area contributed by atoms with E-state index >= 15 is 0 Å². The van der Waals surface area contributed by atoms with Gasteiger partial charge in [-0.25, -0.2) is 4.98 Å². The first-order valence-electron chi connectivity index (χ1n) is 12.7. The van der Waals surface area contributed by atoms with Crippen LogP contribution in [0.4, 0.5) is 13.2 Å². The van der Waals surface area contributed by atoms with Gasteiger partial charge in [0.1, 0.15) is 18.5 Å². The van der Waals surface area contributed by atoms with Crippen molar-refractivity contribution in [2.45, 2.75) is 44.7 Å². The van der Waals surface area contributed by atoms with Gasteiger partial charge < -0.3 is 14.7 Å². The van der Waals surface area contributed by atoms with Crippen LogP contribution in [0.1, 0.15) is 35.6 Å². The van der Waals surface area contributed by atoms with Crippen molar-refractivity contribution in [1.82, 2.24) is 14.8 Å². The maximum absolute atomic E-state index is 12.8. The van der Waals surface area contributed by atoms with E-state index in [1.54, 1.807) is 11.3 Å². The molecule has 2 aliphatic rings. The van der Waals surface area contributed by atoms with E-state index in [0.717, 1.165) is 52.7 Å². The molecule has 0 radical (unpaired) electrons. The second kappa shape index (κ2) is 11.2. The number of rotatable bonds is 8. The molecular weight excluding hydrogens is 517 g/mol. The fourth-order valence-electron chi connectivity index (χ4n) is 4.95. The van der Waals surface area contributed by atoms with Crippen LogP contribution in [-0.2, 0) is 11.0 Å². The number of aryl methyl sites for hydroxylation is 1. The van der Waals surface area contributed by atoms with Gasteiger partial charge in [-0.1, -0.05) is 17.3 Å². The molecule has 2 aliphatic heterocycles. The molecular formula is C27H31F3N4O3S. The van der Waals surface area contributed by atoms with Gasteiger partial charge in [0.2, 0.25) is 0 Å². The quantitative estimate of drug-likeness (QED) is 0.433. The number of benzene rings is 2. The molecule has 11 heteroatoms. The lowest BCUT2D eigenvalue weighted by Crippen LogP contribution is -2.54. The Kier molecular flexibility index (Phi) is 7.90. The zero-order valence-corrected chi connectivity index (χ0v) is 22.1. The third kappa shape index (κ3) is 6.45. The van der Waals surface area contributed by atoms with Crippen molar-refractivity contribution in [3.63, 3.8) is 0 Å². The number of piperazine rings is 1. The maximum Gasteiger partial charge on any atom is 0.416 e. The number of aliphatic hydroxyl groups is 1. The van der Waals surface area contributed by atoms with Crippen LogP contribution in [0.2, 0.25) is 0 Å². The fourth-order valence-corrected chi connectivity index (χ4v) is 5.75. The molecule has 3 atom stereocenters. The molecule has 5 rings (SSSR count). The van der Waals surface area contributed by atoms with Crippen LogP contribution in [0.3, 0.4) is 0 Å². The lowest BCUT2D eigenvalue weighted by Gasteiger charge is -2.40. The Bertz CT molecular complexity index is 1280. The normalized spacial score (nSPS) is 21.9. The van der Waals surface area contributed by atoms with E-state index in [1.165, 1.54) is 12.1 Å². The fraction of sp³-hybridized carbons (Fsp3) is 0.481. The first-order chi connectivity index (χ1) is 18.1. The molecule has 0 aliphatic carbocycles. The molecule has 1 fully saturated rings. The highest BCUT2D eigenvalue weighted by Crippen LogP contribution is 2.33. The van der Waals surface area contributed by atoms with Crippen LogP contribution in [-0.4, -0.2) is 77.1 Å². The van der Waals surface area contributed by atoms with Crippen molar-refractivity contribution in [2.24, 2.45) is 5.16 Å². The number of halogens is 3. The molecule has 1 N–H and O–H groups in total. The molecule has 7 nitrogen and oxygen atoms in total. The maximum atomic E-state index is 12.8. The predicted octanol–water partition coefficient (Wildman–Crippen LogP) is 4.89. The van der Waals surface area contributed by atoms with E-state index in [2.05, 4.69) is 26.9 Å². The topological polar surface area (TPSA) is 70.4 Å². The standard InChI is InChI=1S/C27H31F3N4O3S/c1-17-13-33(15-22(35)16-36-23-7-8-26-24(12-23)31-18(2)38-26)9-10-34(17)14-21-11-25(37-32-21)19-3-5-20(6-4-19)27(28,29)30/h3-8,12,17,22,25,35H,9-11,13-16H2,1-2H3/t17-,22?,25?/m0/s1. The second-order valence-corrected chi connectivity index (χ2v) is 11.2. The zero-order chi connectivity index (χ0) is 26.9. The van der Waals surface area contributed by atoms with E-state index in [9.17, 15) is 18.3 Å². The van der Waals surface area contributed by atoms with Crippen LogP contribution < -0.4 is 4.74 Å². The number of aliphatic hydroxyl groups excluding tert-OH is 1. The lowest BCUT2D eigenvalue weighted by molar-refractivity contribution is -0.137. The third-order valence-electron chi connectivity index (χ3n) is 6.95. The number of hydrogen-bond acceptors (Lipinski definition) is 8. The molecule has 3 aromatic rings. The average molecular weight is 549 g/mol. The Balaban J connectivity index is 1.05. The number of oxime groups is 1. The van der Waals surface area contributed by atoms with E-state index in [-0.39, 0.29) is 18.8 Å². The first-order valence-corrected chi connectivity index (χ1v) is 13.5. The number of hydrogen-bond donors (Lipinski definition) is 1. The van der Waals surface area contributed by atoms with Crippen LogP contribution >= 0.6 is 11.3 Å². The van der Waals surface area contributed by atoms with Gasteiger partial charge in [0.15, 0.2) is 6.10 Å². The van der Waals surface area contributed by atoms with E-state index in [1.807, 2.05) is 25.1 Å². The van der Waals surface area contributed by atoms with Gasteiger partial charge in [-0.15, -0.1) is 11.3 Å². The minimum atomic E-state index is -4.35. The summed E-state index contributed by atoms with van der Waals surface area (Å²) >= 11 is 1.64. The van der Waals surface area contributed by atoms with Gasteiger partial charge in [-0.05, 0) is 43.7 Å². The summed E-state index contributed by atoms with van der Waals surface area (Å²) in [6.07, 6.45) is -4.77. The highest BCUT2D eigenvalue weighted by atomic mass is 32.1. The number of ether oxygens (including phenoxy) is 1. The molecule has 3 heterocycles. The summed E-state index contributed by atoms with van der Waals surface area (Å²) in [6.45, 7) is 7.93. The lowest BCUT2D eigenvalue weighted by atomic mass is 10.0. The van der Waals surface area contributed by atoms with E-state index < -0.39 is 17.8 Å². The molecule has 0 spiro atoms. The van der Waals surface area contributed by atoms with Crippen molar-refractivity contribution >= 4 is 27.3 Å². The van der Waals surface area contributed by atoms with Gasteiger partial charge in [0, 0.05) is 51.3 Å². The van der Waals surface area contributed by atoms with Crippen LogP contribution in [0.5, 0.6) is 5.75 Å². The van der Waals surface area contributed by atoms with Crippen LogP contribution in [0, 0.1) is 6.92 Å². The summed E-state index contributed by atoms with van der Waals surface area (Å²) in [5, 5.41) is 15.8. The van der Waals surface area contributed by atoms with Crippen molar-refractivity contribution in [3.05, 3.63) is 58.6 Å². The zero-order valence-electron chi connectivity index (χ0n) is 21.3. The molecule has 0 bridgehead atoms. The molecule has 2 aromatic carbocycles. The molecule has 2 unspecified atom stereocenters. The number of β-amino-alcohol motifs (C(OH)–C–C–N with tert-alkyl or cyclic N) is 1.